The van der Waals surface area contributed by atoms with Gasteiger partial charge in [0.2, 0.25) is 0 Å². The van der Waals surface area contributed by atoms with Crippen LogP contribution in [0.2, 0.25) is 5.02 Å². The second-order valence-electron chi connectivity index (χ2n) is 5.79. The van der Waals surface area contributed by atoms with E-state index < -0.39 is 0 Å². The molecule has 3 aromatic rings. The Labute approximate surface area is 153 Å². The van der Waals surface area contributed by atoms with E-state index in [9.17, 15) is 0 Å². The highest BCUT2D eigenvalue weighted by molar-refractivity contribution is 9.10. The second kappa shape index (κ2) is 6.66. The minimum Gasteiger partial charge on any atom is -0.353 e. The van der Waals surface area contributed by atoms with Gasteiger partial charge in [-0.3, -0.25) is 10.00 Å². The second-order valence-corrected chi connectivity index (χ2v) is 6.95. The zero-order valence-electron chi connectivity index (χ0n) is 12.9. The van der Waals surface area contributed by atoms with Gasteiger partial charge >= 0.3 is 0 Å². The predicted molar refractivity (Wildman–Crippen MR) is 98.3 cm³/mol. The molecule has 124 valence electrons. The van der Waals surface area contributed by atoms with E-state index in [1.54, 1.807) is 6.33 Å². The molecule has 24 heavy (non-hydrogen) atoms. The maximum Gasteiger partial charge on any atom is 0.161 e. The number of piperazine rings is 1. The van der Waals surface area contributed by atoms with E-state index in [-0.39, 0.29) is 0 Å². The molecule has 4 rings (SSSR count). The van der Waals surface area contributed by atoms with Crippen molar-refractivity contribution in [2.75, 3.05) is 31.1 Å². The summed E-state index contributed by atoms with van der Waals surface area (Å²) in [6.45, 7) is 4.63. The first-order valence-electron chi connectivity index (χ1n) is 7.77. The molecule has 6 nitrogen and oxygen atoms in total. The first-order chi connectivity index (χ1) is 11.7. The first-order valence-corrected chi connectivity index (χ1v) is 8.95. The number of hydrogen-bond donors (Lipinski definition) is 1. The van der Waals surface area contributed by atoms with Crippen molar-refractivity contribution in [2.45, 2.75) is 6.54 Å². The van der Waals surface area contributed by atoms with Crippen molar-refractivity contribution in [1.29, 1.82) is 0 Å². The lowest BCUT2D eigenvalue weighted by molar-refractivity contribution is 0.249. The molecule has 0 bridgehead atoms. The molecule has 2 aromatic heterocycles. The van der Waals surface area contributed by atoms with Gasteiger partial charge in [0.25, 0.3) is 0 Å². The van der Waals surface area contributed by atoms with Gasteiger partial charge in [-0.25, -0.2) is 9.97 Å². The lowest BCUT2D eigenvalue weighted by Crippen LogP contribution is -2.46. The molecule has 0 atom stereocenters. The molecular weight excluding hydrogens is 392 g/mol. The van der Waals surface area contributed by atoms with Crippen molar-refractivity contribution in [3.8, 4) is 0 Å². The SMILES string of the molecule is Clc1ccccc1CN1CCN(c2ncnc3[nH]nc(Br)c23)CC1. The molecule has 1 N–H and O–H groups in total. The van der Waals surface area contributed by atoms with Crippen molar-refractivity contribution < 1.29 is 0 Å². The molecule has 0 aliphatic carbocycles. The Morgan fingerprint density at radius 2 is 1.92 bits per heavy atom. The number of halogens is 2. The van der Waals surface area contributed by atoms with Crippen molar-refractivity contribution in [3.05, 3.63) is 45.8 Å². The van der Waals surface area contributed by atoms with Crippen LogP contribution in [-0.4, -0.2) is 51.2 Å². The normalized spacial score (nSPS) is 16.0. The highest BCUT2D eigenvalue weighted by Crippen LogP contribution is 2.29. The summed E-state index contributed by atoms with van der Waals surface area (Å²) in [6.07, 6.45) is 1.58. The van der Waals surface area contributed by atoms with Gasteiger partial charge in [-0.05, 0) is 27.6 Å². The summed E-state index contributed by atoms with van der Waals surface area (Å²) in [4.78, 5) is 13.4. The standard InChI is InChI=1S/C16H16BrClN6/c17-14-13-15(22-21-14)19-10-20-16(13)24-7-5-23(6-8-24)9-11-3-1-2-4-12(11)18/h1-4,10H,5-9H2,(H,19,20,21,22). The summed E-state index contributed by atoms with van der Waals surface area (Å²) in [6, 6.07) is 8.03. The molecule has 0 amide bonds. The summed E-state index contributed by atoms with van der Waals surface area (Å²) in [7, 11) is 0. The van der Waals surface area contributed by atoms with Crippen LogP contribution in [0.3, 0.4) is 0 Å². The largest absolute Gasteiger partial charge is 0.353 e. The molecule has 0 radical (unpaired) electrons. The number of aromatic amines is 1. The Balaban J connectivity index is 1.48. The molecule has 0 unspecified atom stereocenters. The van der Waals surface area contributed by atoms with E-state index in [1.807, 2.05) is 18.2 Å². The topological polar surface area (TPSA) is 60.9 Å². The van der Waals surface area contributed by atoms with E-state index >= 15 is 0 Å². The van der Waals surface area contributed by atoms with Gasteiger partial charge in [-0.2, -0.15) is 5.10 Å². The van der Waals surface area contributed by atoms with Crippen LogP contribution in [0.25, 0.3) is 11.0 Å². The highest BCUT2D eigenvalue weighted by Gasteiger charge is 2.22. The van der Waals surface area contributed by atoms with Crippen molar-refractivity contribution in [2.24, 2.45) is 0 Å². The van der Waals surface area contributed by atoms with E-state index in [0.717, 1.165) is 59.2 Å². The van der Waals surface area contributed by atoms with Crippen LogP contribution in [0.5, 0.6) is 0 Å². The maximum atomic E-state index is 6.27. The van der Waals surface area contributed by atoms with Crippen molar-refractivity contribution in [1.82, 2.24) is 25.1 Å². The smallest absolute Gasteiger partial charge is 0.161 e. The monoisotopic (exact) mass is 406 g/mol. The third kappa shape index (κ3) is 2.99. The molecule has 1 saturated heterocycles. The molecule has 1 aromatic carbocycles. The van der Waals surface area contributed by atoms with Gasteiger partial charge in [0.05, 0.1) is 5.39 Å². The molecule has 3 heterocycles. The molecule has 1 aliphatic heterocycles. The third-order valence-corrected chi connectivity index (χ3v) is 5.26. The molecule has 0 saturated carbocycles. The molecule has 1 fully saturated rings. The summed E-state index contributed by atoms with van der Waals surface area (Å²) >= 11 is 9.74. The Bertz CT molecular complexity index is 859. The number of hydrogen-bond acceptors (Lipinski definition) is 5. The molecule has 8 heteroatoms. The quantitative estimate of drug-likeness (QED) is 0.723. The lowest BCUT2D eigenvalue weighted by atomic mass is 10.2. The van der Waals surface area contributed by atoms with Gasteiger partial charge in [-0.15, -0.1) is 0 Å². The molecule has 1 aliphatic rings. The highest BCUT2D eigenvalue weighted by atomic mass is 79.9. The van der Waals surface area contributed by atoms with Gasteiger partial charge in [0.1, 0.15) is 16.7 Å². The zero-order valence-corrected chi connectivity index (χ0v) is 15.3. The Kier molecular flexibility index (Phi) is 4.39. The van der Waals surface area contributed by atoms with Crippen LogP contribution >= 0.6 is 27.5 Å². The fourth-order valence-corrected chi connectivity index (χ4v) is 3.68. The number of anilines is 1. The average molecular weight is 408 g/mol. The number of benzene rings is 1. The number of fused-ring (bicyclic) bond motifs is 1. The number of nitrogens with zero attached hydrogens (tertiary/aromatic N) is 5. The summed E-state index contributed by atoms with van der Waals surface area (Å²) in [5.41, 5.74) is 1.93. The minimum atomic E-state index is 0.755. The number of H-pyrrole nitrogens is 1. The zero-order chi connectivity index (χ0) is 16.5. The van der Waals surface area contributed by atoms with Crippen LogP contribution in [0.4, 0.5) is 5.82 Å². The predicted octanol–water partition coefficient (Wildman–Crippen LogP) is 3.09. The van der Waals surface area contributed by atoms with E-state index in [0.29, 0.717) is 0 Å². The van der Waals surface area contributed by atoms with Crippen molar-refractivity contribution in [3.63, 3.8) is 0 Å². The molecular formula is C16H16BrClN6. The van der Waals surface area contributed by atoms with Gasteiger partial charge in [0.15, 0.2) is 5.65 Å². The maximum absolute atomic E-state index is 6.27. The number of rotatable bonds is 3. The number of aromatic nitrogens is 4. The van der Waals surface area contributed by atoms with Gasteiger partial charge in [0, 0.05) is 37.7 Å². The third-order valence-electron chi connectivity index (χ3n) is 4.32. The Morgan fingerprint density at radius 3 is 2.71 bits per heavy atom. The van der Waals surface area contributed by atoms with Crippen LogP contribution in [0.15, 0.2) is 35.2 Å². The summed E-state index contributed by atoms with van der Waals surface area (Å²) < 4.78 is 0.756. The first kappa shape index (κ1) is 15.8. The van der Waals surface area contributed by atoms with E-state index in [1.165, 1.54) is 5.56 Å². The molecule has 0 spiro atoms. The minimum absolute atomic E-state index is 0.755. The van der Waals surface area contributed by atoms with Gasteiger partial charge < -0.3 is 4.90 Å². The fraction of sp³-hybridized carbons (Fsp3) is 0.312. The number of nitrogens with one attached hydrogen (secondary N) is 1. The van der Waals surface area contributed by atoms with Crippen molar-refractivity contribution >= 4 is 44.4 Å². The van der Waals surface area contributed by atoms with Gasteiger partial charge in [-0.1, -0.05) is 29.8 Å². The average Bonchev–Trinajstić information content (AvgIpc) is 2.99. The Hall–Kier alpha value is -1.70. The van der Waals surface area contributed by atoms with Crippen LogP contribution in [-0.2, 0) is 6.54 Å². The van der Waals surface area contributed by atoms with Crippen LogP contribution in [0, 0.1) is 0 Å². The fourth-order valence-electron chi connectivity index (χ4n) is 3.03. The summed E-state index contributed by atoms with van der Waals surface area (Å²) in [5.74, 6) is 0.929. The van der Waals surface area contributed by atoms with Crippen LogP contribution < -0.4 is 4.90 Å². The lowest BCUT2D eigenvalue weighted by Gasteiger charge is -2.35. The summed E-state index contributed by atoms with van der Waals surface area (Å²) in [5, 5.41) is 8.86. The van der Waals surface area contributed by atoms with Crippen LogP contribution in [0.1, 0.15) is 5.56 Å². The Morgan fingerprint density at radius 1 is 1.12 bits per heavy atom. The van der Waals surface area contributed by atoms with E-state index in [4.69, 9.17) is 11.6 Å². The van der Waals surface area contributed by atoms with E-state index in [2.05, 4.69) is 52.0 Å².